The van der Waals surface area contributed by atoms with Crippen LogP contribution >= 0.6 is 11.3 Å². The number of ether oxygens (including phenoxy) is 1. The molecule has 0 bridgehead atoms. The van der Waals surface area contributed by atoms with E-state index in [2.05, 4.69) is 60.8 Å². The van der Waals surface area contributed by atoms with Gasteiger partial charge in [-0.05, 0) is 74.9 Å². The van der Waals surface area contributed by atoms with Gasteiger partial charge in [-0.15, -0.1) is 11.3 Å². The van der Waals surface area contributed by atoms with Crippen LogP contribution in [0.15, 0.2) is 45.9 Å². The maximum absolute atomic E-state index is 12.4. The molecule has 31 heavy (non-hydrogen) atoms. The lowest BCUT2D eigenvalue weighted by atomic mass is 10.1. The Labute approximate surface area is 189 Å². The molecule has 166 valence electrons. The Balaban J connectivity index is 1.89. The summed E-state index contributed by atoms with van der Waals surface area (Å²) in [6.07, 6.45) is 5.95. The van der Waals surface area contributed by atoms with Gasteiger partial charge in [-0.1, -0.05) is 6.07 Å². The zero-order valence-electron chi connectivity index (χ0n) is 19.7. The summed E-state index contributed by atoms with van der Waals surface area (Å²) >= 11 is 1.72. The third-order valence-electron chi connectivity index (χ3n) is 4.88. The number of carbonyl (C=O) groups is 1. The van der Waals surface area contributed by atoms with E-state index in [-0.39, 0.29) is 5.97 Å². The Hall–Kier alpha value is -2.44. The molecule has 2 aromatic heterocycles. The highest BCUT2D eigenvalue weighted by Crippen LogP contribution is 2.30. The van der Waals surface area contributed by atoms with Crippen molar-refractivity contribution in [3.05, 3.63) is 52.2 Å². The molecular formula is C25H34N3O2S+. The number of aromatic amines is 1. The molecule has 1 N–H and O–H groups in total. The first kappa shape index (κ1) is 23.2. The van der Waals surface area contributed by atoms with Gasteiger partial charge in [0.1, 0.15) is 11.3 Å². The Morgan fingerprint density at radius 3 is 2.65 bits per heavy atom. The van der Waals surface area contributed by atoms with Crippen molar-refractivity contribution in [3.63, 3.8) is 0 Å². The highest BCUT2D eigenvalue weighted by atomic mass is 32.1. The third-order valence-corrected chi connectivity index (χ3v) is 5.79. The lowest BCUT2D eigenvalue weighted by Gasteiger charge is -2.23. The van der Waals surface area contributed by atoms with Crippen molar-refractivity contribution in [2.75, 3.05) is 27.7 Å². The van der Waals surface area contributed by atoms with Crippen molar-refractivity contribution in [2.45, 2.75) is 46.1 Å². The number of rotatable bonds is 7. The number of aromatic nitrogens is 1. The van der Waals surface area contributed by atoms with E-state index in [1.54, 1.807) is 17.4 Å². The molecule has 0 aromatic carbocycles. The number of allylic oxidation sites excluding steroid dienone is 1. The van der Waals surface area contributed by atoms with Gasteiger partial charge in [0.2, 0.25) is 0 Å². The monoisotopic (exact) mass is 440 g/mol. The van der Waals surface area contributed by atoms with Crippen molar-refractivity contribution in [3.8, 4) is 10.6 Å². The van der Waals surface area contributed by atoms with Gasteiger partial charge >= 0.3 is 5.97 Å². The number of hydrogen-bond donors (Lipinski definition) is 1. The van der Waals surface area contributed by atoms with Crippen molar-refractivity contribution < 1.29 is 14.0 Å². The second kappa shape index (κ2) is 8.97. The first-order valence-electron chi connectivity index (χ1n) is 10.7. The largest absolute Gasteiger partial charge is 0.455 e. The van der Waals surface area contributed by atoms with Crippen LogP contribution in [-0.4, -0.2) is 54.4 Å². The summed E-state index contributed by atoms with van der Waals surface area (Å²) < 4.78 is 6.43. The molecular weight excluding hydrogens is 406 g/mol. The average molecular weight is 441 g/mol. The van der Waals surface area contributed by atoms with Gasteiger partial charge in [0.05, 0.1) is 44.0 Å². The lowest BCUT2D eigenvalue weighted by Crippen LogP contribution is -2.35. The van der Waals surface area contributed by atoms with Crippen LogP contribution in [0.2, 0.25) is 0 Å². The van der Waals surface area contributed by atoms with Gasteiger partial charge in [-0.2, -0.15) is 0 Å². The second-order valence-electron chi connectivity index (χ2n) is 10.1. The summed E-state index contributed by atoms with van der Waals surface area (Å²) in [4.78, 5) is 21.8. The minimum absolute atomic E-state index is 0.357. The highest BCUT2D eigenvalue weighted by Gasteiger charge is 2.24. The summed E-state index contributed by atoms with van der Waals surface area (Å²) in [5.41, 5.74) is 5.04. The van der Waals surface area contributed by atoms with Crippen LogP contribution in [0.1, 0.15) is 45.4 Å². The fourth-order valence-electron chi connectivity index (χ4n) is 3.40. The predicted octanol–water partition coefficient (Wildman–Crippen LogP) is 5.47. The third kappa shape index (κ3) is 6.52. The maximum Gasteiger partial charge on any atom is 0.357 e. The number of esters is 1. The molecule has 0 aliphatic carbocycles. The van der Waals surface area contributed by atoms with Crippen LogP contribution in [0, 0.1) is 0 Å². The molecule has 0 amide bonds. The Bertz CT molecular complexity index is 1030. The minimum atomic E-state index is -0.540. The van der Waals surface area contributed by atoms with Crippen LogP contribution in [0.4, 0.5) is 0 Å². The van der Waals surface area contributed by atoms with Gasteiger partial charge in [-0.25, -0.2) is 9.79 Å². The van der Waals surface area contributed by atoms with Gasteiger partial charge < -0.3 is 14.2 Å². The Kier molecular flexibility index (Phi) is 6.72. The Morgan fingerprint density at radius 1 is 1.29 bits per heavy atom. The van der Waals surface area contributed by atoms with Crippen LogP contribution in [0.5, 0.6) is 0 Å². The lowest BCUT2D eigenvalue weighted by molar-refractivity contribution is -0.870. The number of aliphatic imine (C=N–C) groups is 1. The number of nitrogens with zero attached hydrogens (tertiary/aromatic N) is 2. The van der Waals surface area contributed by atoms with Gasteiger partial charge in [-0.3, -0.25) is 0 Å². The summed E-state index contributed by atoms with van der Waals surface area (Å²) in [6, 6.07) is 6.44. The SMILES string of the molecule is CC1=CC(C(=O)OC(C)(C)C)=NC1=Cc1[nH]c(-c2cccs2)cc1CCC[N+](C)(C)C. The summed E-state index contributed by atoms with van der Waals surface area (Å²) in [7, 11) is 6.66. The Morgan fingerprint density at radius 2 is 2.03 bits per heavy atom. The molecule has 0 saturated heterocycles. The average Bonchev–Trinajstić information content (AvgIpc) is 3.34. The number of quaternary nitrogens is 1. The van der Waals surface area contributed by atoms with E-state index in [0.29, 0.717) is 5.71 Å². The molecule has 5 nitrogen and oxygen atoms in total. The van der Waals surface area contributed by atoms with E-state index in [9.17, 15) is 4.79 Å². The predicted molar refractivity (Wildman–Crippen MR) is 130 cm³/mol. The smallest absolute Gasteiger partial charge is 0.357 e. The quantitative estimate of drug-likeness (QED) is 0.459. The second-order valence-corrected chi connectivity index (χ2v) is 11.0. The molecule has 0 fully saturated rings. The number of H-pyrrole nitrogens is 1. The van der Waals surface area contributed by atoms with Crippen molar-refractivity contribution in [1.29, 1.82) is 0 Å². The number of nitrogens with one attached hydrogen (secondary N) is 1. The van der Waals surface area contributed by atoms with E-state index in [0.717, 1.165) is 46.5 Å². The van der Waals surface area contributed by atoms with E-state index in [1.165, 1.54) is 10.4 Å². The zero-order chi connectivity index (χ0) is 22.8. The van der Waals surface area contributed by atoms with E-state index in [4.69, 9.17) is 4.74 Å². The van der Waals surface area contributed by atoms with E-state index < -0.39 is 5.60 Å². The number of hydrogen-bond acceptors (Lipinski definition) is 4. The standard InChI is InChI=1S/C25H33N3O2S/c1-17-14-22(24(29)30-25(2,3)4)26-19(17)16-20-18(10-8-12-28(5,6)7)15-21(27-20)23-11-9-13-31-23/h9,11,13-16H,8,10,12H2,1-7H3/p+1. The van der Waals surface area contributed by atoms with Crippen LogP contribution < -0.4 is 0 Å². The fourth-order valence-corrected chi connectivity index (χ4v) is 4.10. The van der Waals surface area contributed by atoms with Crippen molar-refractivity contribution in [2.24, 2.45) is 4.99 Å². The van der Waals surface area contributed by atoms with Gasteiger partial charge in [0, 0.05) is 12.1 Å². The van der Waals surface area contributed by atoms with Crippen LogP contribution in [-0.2, 0) is 16.0 Å². The molecule has 2 aromatic rings. The topological polar surface area (TPSA) is 54.4 Å². The molecule has 0 radical (unpaired) electrons. The first-order chi connectivity index (χ1) is 14.4. The van der Waals surface area contributed by atoms with Gasteiger partial charge in [0.25, 0.3) is 0 Å². The van der Waals surface area contributed by atoms with Crippen molar-refractivity contribution >= 4 is 29.1 Å². The summed E-state index contributed by atoms with van der Waals surface area (Å²) in [5, 5.41) is 2.09. The zero-order valence-corrected chi connectivity index (χ0v) is 20.5. The molecule has 0 spiro atoms. The number of carbonyl (C=O) groups excluding carboxylic acids is 1. The molecule has 6 heteroatoms. The summed E-state index contributed by atoms with van der Waals surface area (Å²) in [6.45, 7) is 8.67. The van der Waals surface area contributed by atoms with Gasteiger partial charge in [0.15, 0.2) is 0 Å². The molecule has 0 atom stereocenters. The first-order valence-corrected chi connectivity index (χ1v) is 11.6. The normalized spacial score (nSPS) is 15.9. The minimum Gasteiger partial charge on any atom is -0.455 e. The van der Waals surface area contributed by atoms with E-state index >= 15 is 0 Å². The molecule has 0 unspecified atom stereocenters. The van der Waals surface area contributed by atoms with Crippen molar-refractivity contribution in [1.82, 2.24) is 4.98 Å². The number of aryl methyl sites for hydroxylation is 1. The summed E-state index contributed by atoms with van der Waals surface area (Å²) in [5.74, 6) is -0.385. The molecule has 3 rings (SSSR count). The highest BCUT2D eigenvalue weighted by molar-refractivity contribution is 7.13. The van der Waals surface area contributed by atoms with E-state index in [1.807, 2.05) is 27.7 Å². The maximum atomic E-state index is 12.4. The molecule has 1 aliphatic heterocycles. The molecule has 3 heterocycles. The molecule has 1 aliphatic rings. The van der Waals surface area contributed by atoms with Crippen LogP contribution in [0.25, 0.3) is 16.6 Å². The number of thiophene rings is 1. The fraction of sp³-hybridized carbons (Fsp3) is 0.440. The molecule has 0 saturated carbocycles. The van der Waals surface area contributed by atoms with Crippen LogP contribution in [0.3, 0.4) is 0 Å².